The zero-order valence-electron chi connectivity index (χ0n) is 21.5. The van der Waals surface area contributed by atoms with Crippen molar-refractivity contribution in [3.8, 4) is 16.3 Å². The molecule has 1 saturated heterocycles. The summed E-state index contributed by atoms with van der Waals surface area (Å²) in [6.45, 7) is 4.95. The average Bonchev–Trinajstić information content (AvgIpc) is 3.57. The van der Waals surface area contributed by atoms with Crippen molar-refractivity contribution in [1.29, 1.82) is 0 Å². The number of rotatable bonds is 8. The van der Waals surface area contributed by atoms with Crippen LogP contribution in [0.25, 0.3) is 10.6 Å². The van der Waals surface area contributed by atoms with Gasteiger partial charge < -0.3 is 15.0 Å². The Balaban J connectivity index is 1.35. The van der Waals surface area contributed by atoms with E-state index in [-0.39, 0.29) is 23.5 Å². The number of amides is 1. The van der Waals surface area contributed by atoms with E-state index in [0.29, 0.717) is 35.9 Å². The summed E-state index contributed by atoms with van der Waals surface area (Å²) in [7, 11) is 2.01. The molecule has 1 aliphatic heterocycles. The Labute approximate surface area is 227 Å². The van der Waals surface area contributed by atoms with Crippen molar-refractivity contribution in [2.24, 2.45) is 0 Å². The van der Waals surface area contributed by atoms with Crippen molar-refractivity contribution in [1.82, 2.24) is 20.0 Å². The molecule has 0 atom stereocenters. The number of Topliss-reactive ketones (excluding diaryl/α,β-unsaturated/α-hetero) is 1. The van der Waals surface area contributed by atoms with Gasteiger partial charge in [0.1, 0.15) is 15.6 Å². The molecule has 2 aliphatic rings. The molecule has 1 N–H and O–H groups in total. The first-order valence-corrected chi connectivity index (χ1v) is 13.4. The maximum atomic E-state index is 13.3. The molecule has 206 valence electrons. The van der Waals surface area contributed by atoms with Crippen LogP contribution in [0.1, 0.15) is 33.8 Å². The topological polar surface area (TPSA) is 87.7 Å². The number of hydrogen-bond donors (Lipinski definition) is 1. The van der Waals surface area contributed by atoms with Crippen LogP contribution in [0.2, 0.25) is 0 Å². The van der Waals surface area contributed by atoms with E-state index in [0.717, 1.165) is 30.3 Å². The van der Waals surface area contributed by atoms with Crippen LogP contribution in [0, 0.1) is 6.92 Å². The fourth-order valence-corrected chi connectivity index (χ4v) is 5.71. The van der Waals surface area contributed by atoms with Crippen LogP contribution in [0.15, 0.2) is 42.5 Å². The van der Waals surface area contributed by atoms with Gasteiger partial charge in [0.25, 0.3) is 0 Å². The molecule has 3 aromatic rings. The van der Waals surface area contributed by atoms with E-state index in [1.807, 2.05) is 38.2 Å². The number of ketones is 1. The van der Waals surface area contributed by atoms with Gasteiger partial charge in [-0.15, -0.1) is 23.4 Å². The second-order valence-corrected chi connectivity index (χ2v) is 11.0. The van der Waals surface area contributed by atoms with Crippen LogP contribution in [0.3, 0.4) is 0 Å². The number of carbonyl (C=O) groups excluding carboxylic acids is 2. The number of nitrogens with one attached hydrogen (secondary N) is 1. The third kappa shape index (κ3) is 6.13. The first-order valence-electron chi connectivity index (χ1n) is 12.6. The highest BCUT2D eigenvalue weighted by molar-refractivity contribution is 7.14. The number of piperazine rings is 1. The van der Waals surface area contributed by atoms with E-state index in [1.165, 1.54) is 23.5 Å². The summed E-state index contributed by atoms with van der Waals surface area (Å²) in [4.78, 5) is 30.7. The van der Waals surface area contributed by atoms with Crippen molar-refractivity contribution in [3.05, 3.63) is 58.6 Å². The van der Waals surface area contributed by atoms with Gasteiger partial charge in [-0.1, -0.05) is 35.6 Å². The van der Waals surface area contributed by atoms with Crippen LogP contribution in [-0.4, -0.2) is 76.8 Å². The van der Waals surface area contributed by atoms with Gasteiger partial charge in [-0.3, -0.25) is 14.5 Å². The number of nitrogens with zero attached hydrogens (tertiary/aromatic N) is 4. The summed E-state index contributed by atoms with van der Waals surface area (Å²) in [5.74, 6) is -1.33. The molecule has 0 spiro atoms. The second kappa shape index (κ2) is 10.7. The van der Waals surface area contributed by atoms with Gasteiger partial charge in [0.2, 0.25) is 5.91 Å². The summed E-state index contributed by atoms with van der Waals surface area (Å²) in [5.41, 5.74) is 1.13. The Bertz CT molecular complexity index is 1380. The van der Waals surface area contributed by atoms with Gasteiger partial charge in [0.05, 0.1) is 12.1 Å². The minimum Gasteiger partial charge on any atom is -0.404 e. The average molecular weight is 560 g/mol. The summed E-state index contributed by atoms with van der Waals surface area (Å²) in [5, 5.41) is 12.1. The number of benzene rings is 2. The highest BCUT2D eigenvalue weighted by Gasteiger charge is 2.55. The van der Waals surface area contributed by atoms with Crippen LogP contribution in [0.4, 0.5) is 18.9 Å². The first-order chi connectivity index (χ1) is 18.5. The third-order valence-electron chi connectivity index (χ3n) is 7.18. The fourth-order valence-electron chi connectivity index (χ4n) is 4.78. The molecule has 0 bridgehead atoms. The van der Waals surface area contributed by atoms with E-state index >= 15 is 0 Å². The zero-order chi connectivity index (χ0) is 27.8. The lowest BCUT2D eigenvalue weighted by Crippen LogP contribution is -2.54. The molecule has 1 saturated carbocycles. The Kier molecular flexibility index (Phi) is 7.45. The minimum absolute atomic E-state index is 0.0817. The van der Waals surface area contributed by atoms with E-state index in [4.69, 9.17) is 0 Å². The molecular formula is C27H28F3N5O3S. The Hall–Kier alpha value is -3.35. The zero-order valence-corrected chi connectivity index (χ0v) is 22.4. The van der Waals surface area contributed by atoms with E-state index in [9.17, 15) is 22.8 Å². The molecule has 0 unspecified atom stereocenters. The van der Waals surface area contributed by atoms with Crippen LogP contribution in [0.5, 0.6) is 5.75 Å². The van der Waals surface area contributed by atoms with Crippen LogP contribution >= 0.6 is 11.3 Å². The van der Waals surface area contributed by atoms with Crippen LogP contribution in [-0.2, 0) is 11.2 Å². The number of halogens is 3. The molecule has 0 radical (unpaired) electrons. The summed E-state index contributed by atoms with van der Waals surface area (Å²) >= 11 is 1.28. The largest absolute Gasteiger partial charge is 0.573 e. The van der Waals surface area contributed by atoms with Crippen LogP contribution < -0.4 is 10.1 Å². The molecule has 2 fully saturated rings. The van der Waals surface area contributed by atoms with E-state index in [2.05, 4.69) is 30.1 Å². The lowest BCUT2D eigenvalue weighted by Gasteiger charge is -2.37. The number of likely N-dealkylation sites (N-methyl/N-ethyl adjacent to an activating group) is 1. The number of hydrogen-bond acceptors (Lipinski definition) is 8. The molecule has 5 rings (SSSR count). The normalized spacial score (nSPS) is 17.6. The third-order valence-corrected chi connectivity index (χ3v) is 8.14. The quantitative estimate of drug-likeness (QED) is 0.405. The monoisotopic (exact) mass is 559 g/mol. The number of carbonyl (C=O) groups is 2. The second-order valence-electron chi connectivity index (χ2n) is 9.95. The number of anilines is 1. The first kappa shape index (κ1) is 27.2. The van der Waals surface area contributed by atoms with Crippen molar-refractivity contribution in [2.45, 2.75) is 38.1 Å². The number of aryl methyl sites for hydroxylation is 1. The molecule has 2 heterocycles. The van der Waals surface area contributed by atoms with Gasteiger partial charge in [-0.25, -0.2) is 0 Å². The van der Waals surface area contributed by atoms with E-state index in [1.54, 1.807) is 0 Å². The van der Waals surface area contributed by atoms with Gasteiger partial charge in [-0.2, -0.15) is 0 Å². The van der Waals surface area contributed by atoms with Crippen molar-refractivity contribution < 1.29 is 27.5 Å². The standard InChI is InChI=1S/C27H28F3N5O3S/c1-17-5-3-4-6-19(17)24-33-32-23(39-24)16-21(36)18-7-8-22(38-27(28,29)30)20(15-18)31-25(37)26(9-10-26)35-13-11-34(2)12-14-35/h3-8,15H,9-14,16H2,1-2H3,(H,31,37). The van der Waals surface area contributed by atoms with Gasteiger partial charge in [-0.05, 0) is 50.6 Å². The Morgan fingerprint density at radius 3 is 2.46 bits per heavy atom. The van der Waals surface area contributed by atoms with E-state index < -0.39 is 23.6 Å². The van der Waals surface area contributed by atoms with Gasteiger partial charge >= 0.3 is 6.36 Å². The number of alkyl halides is 3. The predicted octanol–water partition coefficient (Wildman–Crippen LogP) is 4.56. The van der Waals surface area contributed by atoms with Crippen molar-refractivity contribution in [2.75, 3.05) is 38.5 Å². The highest BCUT2D eigenvalue weighted by Crippen LogP contribution is 2.44. The maximum absolute atomic E-state index is 13.3. The predicted molar refractivity (Wildman–Crippen MR) is 141 cm³/mol. The highest BCUT2D eigenvalue weighted by atomic mass is 32.1. The number of aromatic nitrogens is 2. The van der Waals surface area contributed by atoms with Crippen molar-refractivity contribution >= 4 is 28.7 Å². The lowest BCUT2D eigenvalue weighted by molar-refractivity contribution is -0.274. The molecule has 2 aromatic carbocycles. The van der Waals surface area contributed by atoms with Crippen molar-refractivity contribution in [3.63, 3.8) is 0 Å². The minimum atomic E-state index is -4.96. The lowest BCUT2D eigenvalue weighted by atomic mass is 10.1. The van der Waals surface area contributed by atoms with Gasteiger partial charge in [0, 0.05) is 37.3 Å². The summed E-state index contributed by atoms with van der Waals surface area (Å²) < 4.78 is 43.5. The smallest absolute Gasteiger partial charge is 0.404 e. The Morgan fingerprint density at radius 1 is 1.08 bits per heavy atom. The fraction of sp³-hybridized carbons (Fsp3) is 0.407. The summed E-state index contributed by atoms with van der Waals surface area (Å²) in [6, 6.07) is 11.3. The molecule has 8 nitrogen and oxygen atoms in total. The molecular weight excluding hydrogens is 531 g/mol. The molecule has 12 heteroatoms. The Morgan fingerprint density at radius 2 is 1.79 bits per heavy atom. The molecule has 1 aliphatic carbocycles. The maximum Gasteiger partial charge on any atom is 0.573 e. The SMILES string of the molecule is Cc1ccccc1-c1nnc(CC(=O)c2ccc(OC(F)(F)F)c(NC(=O)C3(N4CCN(C)CC4)CC3)c2)s1. The molecule has 39 heavy (non-hydrogen) atoms. The molecule has 1 aromatic heterocycles. The number of ether oxygens (including phenoxy) is 1. The van der Waals surface area contributed by atoms with Gasteiger partial charge in [0.15, 0.2) is 11.5 Å². The molecule has 1 amide bonds. The summed E-state index contributed by atoms with van der Waals surface area (Å²) in [6.07, 6.45) is -3.80.